The highest BCUT2D eigenvalue weighted by Gasteiger charge is 2.35. The number of pyridine rings is 1. The van der Waals surface area contributed by atoms with E-state index < -0.39 is 0 Å². The van der Waals surface area contributed by atoms with Gasteiger partial charge in [-0.3, -0.25) is 4.79 Å². The molecule has 0 aliphatic carbocycles. The van der Waals surface area contributed by atoms with Gasteiger partial charge < -0.3 is 9.64 Å². The Bertz CT molecular complexity index is 748. The average molecular weight is 342 g/mol. The van der Waals surface area contributed by atoms with E-state index in [1.807, 2.05) is 48.4 Å². The van der Waals surface area contributed by atoms with Gasteiger partial charge in [0.2, 0.25) is 5.91 Å². The summed E-state index contributed by atoms with van der Waals surface area (Å²) in [6, 6.07) is 12.2. The maximum atomic E-state index is 13.2. The summed E-state index contributed by atoms with van der Waals surface area (Å²) in [5.74, 6) is -0.139. The molecule has 0 bridgehead atoms. The Labute approximate surface area is 147 Å². The number of methoxy groups -OCH3 is 1. The molecule has 0 fully saturated rings. The van der Waals surface area contributed by atoms with Crippen molar-refractivity contribution in [2.75, 3.05) is 24.9 Å². The number of benzene rings is 1. The molecule has 1 aliphatic rings. The Morgan fingerprint density at radius 1 is 1.29 bits per heavy atom. The second-order valence-corrected chi connectivity index (χ2v) is 6.77. The summed E-state index contributed by atoms with van der Waals surface area (Å²) in [6.07, 6.45) is 2.65. The van der Waals surface area contributed by atoms with Crippen LogP contribution in [0.25, 0.3) is 0 Å². The predicted molar refractivity (Wildman–Crippen MR) is 97.6 cm³/mol. The van der Waals surface area contributed by atoms with E-state index in [9.17, 15) is 4.79 Å². The number of fused-ring (bicyclic) bond motifs is 1. The zero-order valence-corrected chi connectivity index (χ0v) is 15.1. The maximum absolute atomic E-state index is 13.2. The molecule has 1 amide bonds. The highest BCUT2D eigenvalue weighted by Crippen LogP contribution is 2.35. The number of rotatable bonds is 5. The molecule has 1 atom stereocenters. The smallest absolute Gasteiger partial charge is 0.236 e. The molecule has 3 rings (SSSR count). The molecule has 1 aromatic carbocycles. The summed E-state index contributed by atoms with van der Waals surface area (Å²) in [5.41, 5.74) is 4.11. The fraction of sp³-hybridized carbons (Fsp3) is 0.368. The molecule has 0 radical (unpaired) electrons. The van der Waals surface area contributed by atoms with E-state index in [0.29, 0.717) is 19.6 Å². The largest absolute Gasteiger partial charge is 0.385 e. The van der Waals surface area contributed by atoms with Crippen LogP contribution >= 0.6 is 11.8 Å². The summed E-state index contributed by atoms with van der Waals surface area (Å²) in [6.45, 7) is 3.16. The topological polar surface area (TPSA) is 42.4 Å². The van der Waals surface area contributed by atoms with Crippen LogP contribution in [-0.2, 0) is 16.1 Å². The minimum atomic E-state index is -0.250. The lowest BCUT2D eigenvalue weighted by Gasteiger charge is -2.34. The average Bonchev–Trinajstić information content (AvgIpc) is 2.61. The first-order valence-electron chi connectivity index (χ1n) is 8.05. The highest BCUT2D eigenvalue weighted by atomic mass is 32.2. The number of amides is 1. The number of anilines is 1. The maximum Gasteiger partial charge on any atom is 0.236 e. The molecule has 1 unspecified atom stereocenters. The predicted octanol–water partition coefficient (Wildman–Crippen LogP) is 3.78. The van der Waals surface area contributed by atoms with Gasteiger partial charge >= 0.3 is 0 Å². The number of carbonyl (C=O) groups excluding carboxylic acids is 1. The Kier molecular flexibility index (Phi) is 5.21. The quantitative estimate of drug-likeness (QED) is 0.776. The molecule has 2 heterocycles. The first-order valence-corrected chi connectivity index (χ1v) is 9.28. The van der Waals surface area contributed by atoms with Crippen LogP contribution in [0.1, 0.15) is 29.2 Å². The lowest BCUT2D eigenvalue weighted by molar-refractivity contribution is -0.121. The number of thioether (sulfide) groups is 1. The molecule has 0 spiro atoms. The van der Waals surface area contributed by atoms with E-state index in [0.717, 1.165) is 27.5 Å². The summed E-state index contributed by atoms with van der Waals surface area (Å²) < 4.78 is 5.23. The standard InChI is InChI=1S/C19H22N2O2S/c1-13-6-4-5-7-16(13)21-12-14-8-9-17(24-3)20-18(14)15(19(21)22)10-11-23-2/h4-9,15H,10-12H2,1-3H3. The number of hydrogen-bond acceptors (Lipinski definition) is 4. The van der Waals surface area contributed by atoms with Crippen molar-refractivity contribution in [1.82, 2.24) is 4.98 Å². The molecule has 2 aromatic rings. The third-order valence-electron chi connectivity index (χ3n) is 4.44. The van der Waals surface area contributed by atoms with Crippen LogP contribution in [0.2, 0.25) is 0 Å². The van der Waals surface area contributed by atoms with Crippen LogP contribution in [0.3, 0.4) is 0 Å². The van der Waals surface area contributed by atoms with Gasteiger partial charge in [0.1, 0.15) is 0 Å². The van der Waals surface area contributed by atoms with Crippen LogP contribution in [0.4, 0.5) is 5.69 Å². The summed E-state index contributed by atoms with van der Waals surface area (Å²) in [4.78, 5) is 19.8. The molecule has 0 saturated carbocycles. The van der Waals surface area contributed by atoms with Crippen molar-refractivity contribution in [1.29, 1.82) is 0 Å². The van der Waals surface area contributed by atoms with Crippen LogP contribution in [0, 0.1) is 6.92 Å². The van der Waals surface area contributed by atoms with E-state index >= 15 is 0 Å². The summed E-state index contributed by atoms with van der Waals surface area (Å²) in [7, 11) is 1.67. The van der Waals surface area contributed by atoms with Gasteiger partial charge in [-0.2, -0.15) is 0 Å². The van der Waals surface area contributed by atoms with Gasteiger partial charge in [-0.1, -0.05) is 24.3 Å². The van der Waals surface area contributed by atoms with Crippen LogP contribution in [0.15, 0.2) is 41.4 Å². The molecule has 5 heteroatoms. The summed E-state index contributed by atoms with van der Waals surface area (Å²) >= 11 is 1.60. The van der Waals surface area contributed by atoms with Crippen LogP contribution in [-0.4, -0.2) is 30.9 Å². The van der Waals surface area contributed by atoms with Crippen molar-refractivity contribution in [3.8, 4) is 0 Å². The first kappa shape index (κ1) is 17.0. The normalized spacial score (nSPS) is 17.0. The van der Waals surface area contributed by atoms with E-state index in [4.69, 9.17) is 9.72 Å². The molecular formula is C19H22N2O2S. The number of aryl methyl sites for hydroxylation is 1. The van der Waals surface area contributed by atoms with Crippen molar-refractivity contribution in [3.63, 3.8) is 0 Å². The van der Waals surface area contributed by atoms with Crippen molar-refractivity contribution in [3.05, 3.63) is 53.2 Å². The molecule has 126 valence electrons. The van der Waals surface area contributed by atoms with Gasteiger partial charge in [-0.05, 0) is 42.9 Å². The second kappa shape index (κ2) is 7.36. The number of aromatic nitrogens is 1. The second-order valence-electron chi connectivity index (χ2n) is 5.94. The molecule has 24 heavy (non-hydrogen) atoms. The molecule has 0 N–H and O–H groups in total. The Hall–Kier alpha value is -1.85. The zero-order chi connectivity index (χ0) is 17.1. The molecule has 4 nitrogen and oxygen atoms in total. The van der Waals surface area contributed by atoms with E-state index in [1.54, 1.807) is 18.9 Å². The third kappa shape index (κ3) is 3.19. The molecular weight excluding hydrogens is 320 g/mol. The lowest BCUT2D eigenvalue weighted by Crippen LogP contribution is -2.40. The number of carbonyl (C=O) groups is 1. The van der Waals surface area contributed by atoms with Gasteiger partial charge in [0.25, 0.3) is 0 Å². The van der Waals surface area contributed by atoms with Crippen molar-refractivity contribution in [2.24, 2.45) is 0 Å². The van der Waals surface area contributed by atoms with Crippen molar-refractivity contribution in [2.45, 2.75) is 30.8 Å². The van der Waals surface area contributed by atoms with Crippen LogP contribution < -0.4 is 4.90 Å². The van der Waals surface area contributed by atoms with Gasteiger partial charge in [0, 0.05) is 19.4 Å². The lowest BCUT2D eigenvalue weighted by atomic mass is 9.90. The fourth-order valence-electron chi connectivity index (χ4n) is 3.15. The Morgan fingerprint density at radius 3 is 2.79 bits per heavy atom. The minimum absolute atomic E-state index is 0.111. The van der Waals surface area contributed by atoms with E-state index in [1.165, 1.54) is 0 Å². The van der Waals surface area contributed by atoms with Crippen molar-refractivity contribution >= 4 is 23.4 Å². The monoisotopic (exact) mass is 342 g/mol. The minimum Gasteiger partial charge on any atom is -0.385 e. The van der Waals surface area contributed by atoms with Gasteiger partial charge in [-0.15, -0.1) is 11.8 Å². The van der Waals surface area contributed by atoms with Gasteiger partial charge in [0.05, 0.1) is 23.2 Å². The highest BCUT2D eigenvalue weighted by molar-refractivity contribution is 7.98. The number of nitrogens with zero attached hydrogens (tertiary/aromatic N) is 2. The molecule has 1 aliphatic heterocycles. The van der Waals surface area contributed by atoms with E-state index in [2.05, 4.69) is 6.07 Å². The number of ether oxygens (including phenoxy) is 1. The van der Waals surface area contributed by atoms with Gasteiger partial charge in [0.15, 0.2) is 0 Å². The Morgan fingerprint density at radius 2 is 2.08 bits per heavy atom. The Balaban J connectivity index is 2.04. The van der Waals surface area contributed by atoms with Gasteiger partial charge in [-0.25, -0.2) is 4.98 Å². The third-order valence-corrected chi connectivity index (χ3v) is 5.08. The van der Waals surface area contributed by atoms with E-state index in [-0.39, 0.29) is 11.8 Å². The fourth-order valence-corrected chi connectivity index (χ4v) is 3.55. The molecule has 1 aromatic heterocycles. The van der Waals surface area contributed by atoms with Crippen molar-refractivity contribution < 1.29 is 9.53 Å². The zero-order valence-electron chi connectivity index (χ0n) is 14.3. The first-order chi connectivity index (χ1) is 11.7. The molecule has 0 saturated heterocycles. The number of hydrogen-bond donors (Lipinski definition) is 0. The van der Waals surface area contributed by atoms with Crippen LogP contribution in [0.5, 0.6) is 0 Å². The number of para-hydroxylation sites is 1. The summed E-state index contributed by atoms with van der Waals surface area (Å²) in [5, 5.41) is 0.952. The SMILES string of the molecule is COCCC1C(=O)N(c2ccccc2C)Cc2ccc(SC)nc21.